The summed E-state index contributed by atoms with van der Waals surface area (Å²) in [4.78, 5) is 25.1. The first-order chi connectivity index (χ1) is 10.5. The Morgan fingerprint density at radius 1 is 1.55 bits per heavy atom. The topological polar surface area (TPSA) is 140 Å². The number of methoxy groups -OCH3 is 1. The predicted molar refractivity (Wildman–Crippen MR) is 76.3 cm³/mol. The Bertz CT molecular complexity index is 600. The van der Waals surface area contributed by atoms with Crippen molar-refractivity contribution in [3.05, 3.63) is 33.1 Å². The van der Waals surface area contributed by atoms with Crippen LogP contribution < -0.4 is 17.0 Å². The Morgan fingerprint density at radius 2 is 2.27 bits per heavy atom. The molecule has 1 aliphatic rings. The number of nitrogens with one attached hydrogen (secondary N) is 1. The van der Waals surface area contributed by atoms with E-state index < -0.39 is 41.9 Å². The summed E-state index contributed by atoms with van der Waals surface area (Å²) in [5.74, 6) is 0. The zero-order chi connectivity index (χ0) is 16.3. The van der Waals surface area contributed by atoms with Crippen molar-refractivity contribution in [2.45, 2.75) is 43.5 Å². The summed E-state index contributed by atoms with van der Waals surface area (Å²) in [6.07, 6.45) is -2.53. The van der Waals surface area contributed by atoms with Crippen molar-refractivity contribution >= 4 is 0 Å². The largest absolute Gasteiger partial charge is 0.390 e. The average Bonchev–Trinajstić information content (AvgIpc) is 2.81. The van der Waals surface area contributed by atoms with E-state index in [0.29, 0.717) is 19.4 Å². The van der Waals surface area contributed by atoms with Gasteiger partial charge in [0.15, 0.2) is 6.23 Å². The molecule has 9 nitrogen and oxygen atoms in total. The summed E-state index contributed by atoms with van der Waals surface area (Å²) in [6.45, 7) is 0.413. The van der Waals surface area contributed by atoms with Crippen molar-refractivity contribution in [2.75, 3.05) is 13.7 Å². The molecule has 3 unspecified atom stereocenters. The van der Waals surface area contributed by atoms with E-state index in [2.05, 4.69) is 4.98 Å². The maximum Gasteiger partial charge on any atom is 0.330 e. The number of hydrogen-bond donors (Lipinski definition) is 4. The molecule has 1 aromatic heterocycles. The average molecular weight is 315 g/mol. The normalized spacial score (nSPS) is 29.6. The number of nitrogens with zero attached hydrogens (tertiary/aromatic N) is 1. The summed E-state index contributed by atoms with van der Waals surface area (Å²) >= 11 is 0. The van der Waals surface area contributed by atoms with Crippen molar-refractivity contribution in [3.63, 3.8) is 0 Å². The molecule has 0 aliphatic carbocycles. The number of ether oxygens (including phenoxy) is 2. The second kappa shape index (κ2) is 7.16. The molecule has 0 spiro atoms. The lowest BCUT2D eigenvalue weighted by molar-refractivity contribution is -0.0894. The van der Waals surface area contributed by atoms with E-state index in [1.54, 1.807) is 0 Å². The lowest BCUT2D eigenvalue weighted by Crippen LogP contribution is -2.40. The van der Waals surface area contributed by atoms with Gasteiger partial charge in [0.1, 0.15) is 18.3 Å². The van der Waals surface area contributed by atoms with Gasteiger partial charge in [0.25, 0.3) is 5.56 Å². The third-order valence-corrected chi connectivity index (χ3v) is 3.73. The van der Waals surface area contributed by atoms with Crippen LogP contribution in [0.3, 0.4) is 0 Å². The van der Waals surface area contributed by atoms with E-state index in [4.69, 9.17) is 15.2 Å². The molecule has 0 saturated carbocycles. The number of aliphatic hydroxyl groups is 2. The first kappa shape index (κ1) is 16.8. The molecule has 2 heterocycles. The van der Waals surface area contributed by atoms with Crippen molar-refractivity contribution in [1.29, 1.82) is 0 Å². The molecule has 22 heavy (non-hydrogen) atoms. The summed E-state index contributed by atoms with van der Waals surface area (Å²) in [7, 11) is 1.37. The number of rotatable bonds is 6. The van der Waals surface area contributed by atoms with Gasteiger partial charge in [0.05, 0.1) is 6.10 Å². The number of nitrogens with two attached hydrogens (primary N) is 1. The van der Waals surface area contributed by atoms with Gasteiger partial charge in [-0.3, -0.25) is 14.3 Å². The van der Waals surface area contributed by atoms with Gasteiger partial charge >= 0.3 is 5.69 Å². The van der Waals surface area contributed by atoms with Crippen LogP contribution in [0.5, 0.6) is 0 Å². The van der Waals surface area contributed by atoms with E-state index in [1.807, 2.05) is 0 Å². The highest BCUT2D eigenvalue weighted by molar-refractivity contribution is 4.96. The third kappa shape index (κ3) is 3.28. The van der Waals surface area contributed by atoms with Crippen molar-refractivity contribution < 1.29 is 19.7 Å². The van der Waals surface area contributed by atoms with Gasteiger partial charge in [-0.05, 0) is 19.4 Å². The number of aromatic amines is 1. The minimum atomic E-state index is -1.11. The van der Waals surface area contributed by atoms with Crippen molar-refractivity contribution in [1.82, 2.24) is 9.55 Å². The fourth-order valence-corrected chi connectivity index (χ4v) is 2.59. The monoisotopic (exact) mass is 315 g/mol. The van der Waals surface area contributed by atoms with Crippen LogP contribution in [0.2, 0.25) is 0 Å². The number of aromatic nitrogens is 2. The van der Waals surface area contributed by atoms with Crippen LogP contribution in [0, 0.1) is 0 Å². The lowest BCUT2D eigenvalue weighted by Gasteiger charge is -2.21. The van der Waals surface area contributed by atoms with Gasteiger partial charge in [0, 0.05) is 19.4 Å². The Morgan fingerprint density at radius 3 is 2.86 bits per heavy atom. The fourth-order valence-electron chi connectivity index (χ4n) is 2.59. The van der Waals surface area contributed by atoms with Crippen LogP contribution in [0.4, 0.5) is 0 Å². The maximum absolute atomic E-state index is 11.9. The molecule has 1 aromatic rings. The maximum atomic E-state index is 11.9. The Labute approximate surface area is 126 Å². The predicted octanol–water partition coefficient (Wildman–Crippen LogP) is -2.09. The summed E-state index contributed by atoms with van der Waals surface area (Å²) in [5.41, 5.74) is 4.19. The number of H-pyrrole nitrogens is 1. The molecular weight excluding hydrogens is 294 g/mol. The van der Waals surface area contributed by atoms with Gasteiger partial charge in [0.2, 0.25) is 0 Å². The first-order valence-corrected chi connectivity index (χ1v) is 7.05. The van der Waals surface area contributed by atoms with Gasteiger partial charge in [-0.25, -0.2) is 4.79 Å². The van der Waals surface area contributed by atoms with Crippen LogP contribution in [0.15, 0.2) is 21.9 Å². The molecule has 124 valence electrons. The zero-order valence-electron chi connectivity index (χ0n) is 12.2. The fraction of sp³-hybridized carbons (Fsp3) is 0.692. The summed E-state index contributed by atoms with van der Waals surface area (Å²) < 4.78 is 11.9. The summed E-state index contributed by atoms with van der Waals surface area (Å²) in [6, 6.07) is 1.17. The van der Waals surface area contributed by atoms with Crippen LogP contribution in [0.25, 0.3) is 0 Å². The molecule has 9 heteroatoms. The Hall–Kier alpha value is -1.52. The van der Waals surface area contributed by atoms with Gasteiger partial charge in [-0.2, -0.15) is 0 Å². The quantitative estimate of drug-likeness (QED) is 0.472. The number of aliphatic hydroxyl groups excluding tert-OH is 2. The van der Waals surface area contributed by atoms with Gasteiger partial charge < -0.3 is 25.4 Å². The molecule has 5 N–H and O–H groups in total. The van der Waals surface area contributed by atoms with E-state index in [-0.39, 0.29) is 0 Å². The highest BCUT2D eigenvalue weighted by Gasteiger charge is 2.48. The third-order valence-electron chi connectivity index (χ3n) is 3.73. The van der Waals surface area contributed by atoms with Gasteiger partial charge in [-0.15, -0.1) is 0 Å². The van der Waals surface area contributed by atoms with E-state index >= 15 is 0 Å². The van der Waals surface area contributed by atoms with Crippen molar-refractivity contribution in [2.24, 2.45) is 5.73 Å². The second-order valence-electron chi connectivity index (χ2n) is 5.20. The minimum absolute atomic E-state index is 0.363. The number of hydrogen-bond acceptors (Lipinski definition) is 7. The highest BCUT2D eigenvalue weighted by Crippen LogP contribution is 2.32. The van der Waals surface area contributed by atoms with Crippen molar-refractivity contribution in [3.8, 4) is 0 Å². The second-order valence-corrected chi connectivity index (χ2v) is 5.20. The smallest absolute Gasteiger partial charge is 0.330 e. The molecule has 1 saturated heterocycles. The van der Waals surface area contributed by atoms with Crippen LogP contribution in [0.1, 0.15) is 19.1 Å². The molecule has 0 aromatic carbocycles. The summed E-state index contributed by atoms with van der Waals surface area (Å²) in [5, 5.41) is 20.4. The molecule has 0 amide bonds. The van der Waals surface area contributed by atoms with Crippen LogP contribution in [-0.2, 0) is 9.47 Å². The standard InChI is InChI=1S/C13H21N3O6/c1-21-11-9(19)10(7(17)3-2-5-14)22-12(11)16-6-4-8(18)15-13(16)20/h4,6-7,9-12,17,19H,2-3,5,14H2,1H3,(H,15,18,20)/t7?,9?,10-,11?,12-/m1/s1. The molecule has 1 aliphatic heterocycles. The minimum Gasteiger partial charge on any atom is -0.390 e. The molecule has 1 fully saturated rings. The van der Waals surface area contributed by atoms with E-state index in [1.165, 1.54) is 19.4 Å². The molecule has 2 rings (SSSR count). The molecule has 5 atom stereocenters. The highest BCUT2D eigenvalue weighted by atomic mass is 16.6. The van der Waals surface area contributed by atoms with Gasteiger partial charge in [-0.1, -0.05) is 0 Å². The van der Waals surface area contributed by atoms with E-state index in [0.717, 1.165) is 4.57 Å². The Balaban J connectivity index is 2.25. The Kier molecular flexibility index (Phi) is 5.48. The van der Waals surface area contributed by atoms with E-state index in [9.17, 15) is 19.8 Å². The van der Waals surface area contributed by atoms with Crippen LogP contribution >= 0.6 is 0 Å². The van der Waals surface area contributed by atoms with Crippen LogP contribution in [-0.4, -0.2) is 57.8 Å². The lowest BCUT2D eigenvalue weighted by atomic mass is 10.0. The molecule has 0 bridgehead atoms. The first-order valence-electron chi connectivity index (χ1n) is 7.05. The zero-order valence-corrected chi connectivity index (χ0v) is 12.2. The molecule has 0 radical (unpaired) electrons. The SMILES string of the molecule is COC1C(O)[C@@H](C(O)CCCN)O[C@H]1n1ccc(=O)[nH]c1=O. The molecular formula is C13H21N3O6.